The van der Waals surface area contributed by atoms with Crippen molar-refractivity contribution in [2.75, 3.05) is 19.5 Å². The van der Waals surface area contributed by atoms with E-state index in [4.69, 9.17) is 4.74 Å². The highest BCUT2D eigenvalue weighted by Crippen LogP contribution is 2.38. The van der Waals surface area contributed by atoms with Gasteiger partial charge in [0.05, 0.1) is 7.11 Å². The summed E-state index contributed by atoms with van der Waals surface area (Å²) in [5.74, 6) is 0.719. The maximum absolute atomic E-state index is 10.2. The second-order valence-corrected chi connectivity index (χ2v) is 4.99. The first-order valence-electron chi connectivity index (χ1n) is 7.21. The number of nitrogens with one attached hydrogen (secondary N) is 1. The second kappa shape index (κ2) is 6.36. The smallest absolute Gasteiger partial charge is 0.146 e. The topological polar surface area (TPSA) is 66.2 Å². The summed E-state index contributed by atoms with van der Waals surface area (Å²) < 4.78 is 5.26. The fourth-order valence-electron chi connectivity index (χ4n) is 2.37. The number of para-hydroxylation sites is 1. The van der Waals surface area contributed by atoms with E-state index in [9.17, 15) is 5.11 Å². The predicted molar refractivity (Wildman–Crippen MR) is 92.3 cm³/mol. The molecule has 3 aromatic carbocycles. The lowest BCUT2D eigenvalue weighted by Crippen LogP contribution is -1.87. The van der Waals surface area contributed by atoms with Crippen LogP contribution in [0, 0.1) is 0 Å². The van der Waals surface area contributed by atoms with Crippen molar-refractivity contribution in [3.63, 3.8) is 0 Å². The zero-order valence-electron chi connectivity index (χ0n) is 12.9. The van der Waals surface area contributed by atoms with Crippen LogP contribution in [-0.4, -0.2) is 19.3 Å². The molecule has 0 saturated heterocycles. The van der Waals surface area contributed by atoms with Gasteiger partial charge in [-0.2, -0.15) is 0 Å². The minimum Gasteiger partial charge on any atom is -0.506 e. The van der Waals surface area contributed by atoms with E-state index in [0.29, 0.717) is 17.1 Å². The number of azo groups is 1. The normalized spacial score (nSPS) is 11.0. The van der Waals surface area contributed by atoms with Crippen LogP contribution in [0.3, 0.4) is 0 Å². The minimum absolute atomic E-state index is 0.0874. The third kappa shape index (κ3) is 2.94. The van der Waals surface area contributed by atoms with Crippen LogP contribution in [-0.2, 0) is 0 Å². The molecule has 23 heavy (non-hydrogen) atoms. The van der Waals surface area contributed by atoms with Crippen LogP contribution in [0.4, 0.5) is 17.1 Å². The Kier molecular flexibility index (Phi) is 4.10. The number of hydrogen-bond acceptors (Lipinski definition) is 5. The molecule has 0 aromatic heterocycles. The van der Waals surface area contributed by atoms with E-state index < -0.39 is 0 Å². The molecule has 0 amide bonds. The number of aromatic hydroxyl groups is 1. The van der Waals surface area contributed by atoms with Crippen molar-refractivity contribution in [2.24, 2.45) is 10.2 Å². The average Bonchev–Trinajstić information content (AvgIpc) is 2.60. The van der Waals surface area contributed by atoms with Crippen LogP contribution in [0.5, 0.6) is 11.5 Å². The van der Waals surface area contributed by atoms with Crippen molar-refractivity contribution < 1.29 is 9.84 Å². The summed E-state index contributed by atoms with van der Waals surface area (Å²) in [5.41, 5.74) is 1.98. The Labute approximate surface area is 134 Å². The molecule has 5 heteroatoms. The molecule has 0 radical (unpaired) electrons. The van der Waals surface area contributed by atoms with Gasteiger partial charge in [0.15, 0.2) is 0 Å². The summed E-state index contributed by atoms with van der Waals surface area (Å²) in [6.45, 7) is 0. The van der Waals surface area contributed by atoms with Crippen LogP contribution in [0.2, 0.25) is 0 Å². The highest BCUT2D eigenvalue weighted by atomic mass is 16.5. The van der Waals surface area contributed by atoms with Gasteiger partial charge >= 0.3 is 0 Å². The Balaban J connectivity index is 2.11. The van der Waals surface area contributed by atoms with Crippen LogP contribution in [0.1, 0.15) is 0 Å². The third-order valence-electron chi connectivity index (χ3n) is 3.60. The summed E-state index contributed by atoms with van der Waals surface area (Å²) in [4.78, 5) is 0. The number of benzene rings is 3. The van der Waals surface area contributed by atoms with Gasteiger partial charge in [-0.3, -0.25) is 0 Å². The van der Waals surface area contributed by atoms with Gasteiger partial charge < -0.3 is 15.2 Å². The zero-order chi connectivity index (χ0) is 16.2. The maximum Gasteiger partial charge on any atom is 0.146 e. The molecule has 0 aliphatic heterocycles. The van der Waals surface area contributed by atoms with Crippen LogP contribution >= 0.6 is 0 Å². The van der Waals surface area contributed by atoms with Gasteiger partial charge in [-0.05, 0) is 35.7 Å². The number of phenols is 1. The average molecular weight is 307 g/mol. The molecular weight excluding hydrogens is 290 g/mol. The molecule has 0 saturated carbocycles. The molecule has 5 nitrogen and oxygen atoms in total. The van der Waals surface area contributed by atoms with Gasteiger partial charge in [-0.25, -0.2) is 0 Å². The lowest BCUT2D eigenvalue weighted by molar-refractivity contribution is 0.416. The minimum atomic E-state index is 0.0874. The molecular formula is C18H17N3O2. The summed E-state index contributed by atoms with van der Waals surface area (Å²) in [5, 5.41) is 23.6. The number of ether oxygens (including phenoxy) is 1. The Morgan fingerprint density at radius 3 is 2.57 bits per heavy atom. The molecule has 116 valence electrons. The van der Waals surface area contributed by atoms with Gasteiger partial charge in [0.1, 0.15) is 22.9 Å². The molecule has 0 spiro atoms. The summed E-state index contributed by atoms with van der Waals surface area (Å²) in [7, 11) is 3.43. The van der Waals surface area contributed by atoms with Crippen molar-refractivity contribution in [3.8, 4) is 11.5 Å². The van der Waals surface area contributed by atoms with Crippen molar-refractivity contribution in [1.29, 1.82) is 0 Å². The number of rotatable bonds is 4. The van der Waals surface area contributed by atoms with Crippen molar-refractivity contribution in [2.45, 2.75) is 0 Å². The summed E-state index contributed by atoms with van der Waals surface area (Å²) >= 11 is 0. The fraction of sp³-hybridized carbons (Fsp3) is 0.111. The molecule has 2 N–H and O–H groups in total. The highest BCUT2D eigenvalue weighted by Gasteiger charge is 2.08. The Morgan fingerprint density at radius 2 is 1.78 bits per heavy atom. The monoisotopic (exact) mass is 307 g/mol. The van der Waals surface area contributed by atoms with E-state index in [2.05, 4.69) is 15.5 Å². The largest absolute Gasteiger partial charge is 0.506 e. The molecule has 0 heterocycles. The standard InChI is InChI=1S/C18H17N3O2/c1-19-13-9-7-12-8-10-16(22)18(14(12)11-13)21-20-15-5-3-4-6-17(15)23-2/h3-11,19,22H,1-2H3. The number of phenolic OH excluding ortho intramolecular Hbond substituents is 1. The van der Waals surface area contributed by atoms with Crippen molar-refractivity contribution >= 4 is 27.8 Å². The van der Waals surface area contributed by atoms with Gasteiger partial charge in [0.25, 0.3) is 0 Å². The van der Waals surface area contributed by atoms with Gasteiger partial charge in [-0.1, -0.05) is 24.3 Å². The first kappa shape index (κ1) is 14.8. The van der Waals surface area contributed by atoms with E-state index in [0.717, 1.165) is 16.5 Å². The van der Waals surface area contributed by atoms with Crippen molar-refractivity contribution in [3.05, 3.63) is 54.6 Å². The van der Waals surface area contributed by atoms with Crippen LogP contribution in [0.25, 0.3) is 10.8 Å². The molecule has 0 unspecified atom stereocenters. The fourth-order valence-corrected chi connectivity index (χ4v) is 2.37. The van der Waals surface area contributed by atoms with Crippen LogP contribution < -0.4 is 10.1 Å². The number of nitrogens with zero attached hydrogens (tertiary/aromatic N) is 2. The summed E-state index contributed by atoms with van der Waals surface area (Å²) in [6, 6.07) is 16.7. The van der Waals surface area contributed by atoms with E-state index in [1.165, 1.54) is 0 Å². The lowest BCUT2D eigenvalue weighted by Gasteiger charge is -2.07. The Bertz CT molecular complexity index is 875. The molecule has 0 atom stereocenters. The maximum atomic E-state index is 10.2. The van der Waals surface area contributed by atoms with Crippen LogP contribution in [0.15, 0.2) is 64.8 Å². The SMILES string of the molecule is CNc1ccc2ccc(O)c(N=Nc3ccccc3OC)c2c1. The third-order valence-corrected chi connectivity index (χ3v) is 3.60. The zero-order valence-corrected chi connectivity index (χ0v) is 12.9. The van der Waals surface area contributed by atoms with E-state index in [-0.39, 0.29) is 5.75 Å². The van der Waals surface area contributed by atoms with E-state index in [1.54, 1.807) is 13.2 Å². The van der Waals surface area contributed by atoms with Gasteiger partial charge in [0, 0.05) is 18.1 Å². The Morgan fingerprint density at radius 1 is 1.00 bits per heavy atom. The Hall–Kier alpha value is -3.08. The number of methoxy groups -OCH3 is 1. The predicted octanol–water partition coefficient (Wildman–Crippen LogP) is 5.01. The van der Waals surface area contributed by atoms with Gasteiger partial charge in [-0.15, -0.1) is 10.2 Å². The molecule has 0 aliphatic carbocycles. The van der Waals surface area contributed by atoms with Gasteiger partial charge in [0.2, 0.25) is 0 Å². The van der Waals surface area contributed by atoms with E-state index in [1.807, 2.05) is 55.6 Å². The number of fused-ring (bicyclic) bond motifs is 1. The molecule has 0 aliphatic rings. The first-order chi connectivity index (χ1) is 11.2. The highest BCUT2D eigenvalue weighted by molar-refractivity contribution is 5.97. The van der Waals surface area contributed by atoms with E-state index >= 15 is 0 Å². The molecule has 3 aromatic rings. The molecule has 3 rings (SSSR count). The second-order valence-electron chi connectivity index (χ2n) is 4.99. The molecule has 0 fully saturated rings. The quantitative estimate of drug-likeness (QED) is 0.666. The van der Waals surface area contributed by atoms with Crippen molar-refractivity contribution in [1.82, 2.24) is 0 Å². The molecule has 0 bridgehead atoms. The summed E-state index contributed by atoms with van der Waals surface area (Å²) in [6.07, 6.45) is 0. The first-order valence-corrected chi connectivity index (χ1v) is 7.21. The lowest BCUT2D eigenvalue weighted by atomic mass is 10.1. The number of hydrogen-bond donors (Lipinski definition) is 2. The number of anilines is 1.